The Morgan fingerprint density at radius 1 is 1.35 bits per heavy atom. The molecule has 0 atom stereocenters. The van der Waals surface area contributed by atoms with Gasteiger partial charge in [0.15, 0.2) is 0 Å². The summed E-state index contributed by atoms with van der Waals surface area (Å²) < 4.78 is 5.14. The summed E-state index contributed by atoms with van der Waals surface area (Å²) in [4.78, 5) is 2.41. The number of ether oxygens (including phenoxy) is 1. The lowest BCUT2D eigenvalue weighted by Gasteiger charge is -2.41. The van der Waals surface area contributed by atoms with E-state index in [1.807, 2.05) is 0 Å². The Bertz CT molecular complexity index is 200. The van der Waals surface area contributed by atoms with Gasteiger partial charge in [-0.3, -0.25) is 0 Å². The second-order valence-corrected chi connectivity index (χ2v) is 5.70. The van der Waals surface area contributed by atoms with Crippen LogP contribution in [0.25, 0.3) is 0 Å². The summed E-state index contributed by atoms with van der Waals surface area (Å²) in [5.41, 5.74) is 0.149. The molecule has 0 heterocycles. The lowest BCUT2D eigenvalue weighted by Crippen LogP contribution is -2.43. The van der Waals surface area contributed by atoms with Crippen LogP contribution in [0.15, 0.2) is 0 Å². The van der Waals surface area contributed by atoms with E-state index in [1.165, 1.54) is 25.7 Å². The molecular weight excluding hydrogens is 214 g/mol. The topological polar surface area (TPSA) is 32.7 Å². The Balaban J connectivity index is 2.48. The third-order valence-corrected chi connectivity index (χ3v) is 4.29. The van der Waals surface area contributed by atoms with Gasteiger partial charge in [-0.25, -0.2) is 0 Å². The van der Waals surface area contributed by atoms with Crippen LogP contribution in [-0.2, 0) is 4.74 Å². The SMILES string of the molecule is CCN(CCOC)CC1(CO)CCC(C)CC1. The highest BCUT2D eigenvalue weighted by Gasteiger charge is 2.34. The highest BCUT2D eigenvalue weighted by Crippen LogP contribution is 2.39. The first kappa shape index (κ1) is 14.9. The van der Waals surface area contributed by atoms with Crippen molar-refractivity contribution < 1.29 is 9.84 Å². The zero-order valence-corrected chi connectivity index (χ0v) is 11.7. The van der Waals surface area contributed by atoms with Gasteiger partial charge in [-0.15, -0.1) is 0 Å². The minimum absolute atomic E-state index is 0.149. The molecule has 0 amide bonds. The quantitative estimate of drug-likeness (QED) is 0.743. The van der Waals surface area contributed by atoms with Crippen LogP contribution in [0.3, 0.4) is 0 Å². The number of aliphatic hydroxyl groups is 1. The number of hydrogen-bond acceptors (Lipinski definition) is 3. The summed E-state index contributed by atoms with van der Waals surface area (Å²) in [6.07, 6.45) is 4.88. The molecule has 0 aromatic rings. The van der Waals surface area contributed by atoms with Crippen LogP contribution < -0.4 is 0 Å². The highest BCUT2D eigenvalue weighted by molar-refractivity contribution is 4.87. The fraction of sp³-hybridized carbons (Fsp3) is 1.00. The van der Waals surface area contributed by atoms with Gasteiger partial charge in [0.25, 0.3) is 0 Å². The summed E-state index contributed by atoms with van der Waals surface area (Å²) in [5.74, 6) is 0.837. The van der Waals surface area contributed by atoms with Crippen molar-refractivity contribution in [3.05, 3.63) is 0 Å². The molecule has 102 valence electrons. The number of hydrogen-bond donors (Lipinski definition) is 1. The van der Waals surface area contributed by atoms with E-state index in [0.29, 0.717) is 6.61 Å². The Morgan fingerprint density at radius 3 is 2.47 bits per heavy atom. The molecule has 0 saturated heterocycles. The molecule has 1 aliphatic carbocycles. The summed E-state index contributed by atoms with van der Waals surface area (Å²) >= 11 is 0. The molecule has 0 aliphatic heterocycles. The van der Waals surface area contributed by atoms with Gasteiger partial charge in [-0.2, -0.15) is 0 Å². The van der Waals surface area contributed by atoms with Gasteiger partial charge in [0, 0.05) is 32.2 Å². The van der Waals surface area contributed by atoms with Crippen LogP contribution in [0, 0.1) is 11.3 Å². The van der Waals surface area contributed by atoms with E-state index in [-0.39, 0.29) is 5.41 Å². The first-order valence-corrected chi connectivity index (χ1v) is 6.98. The fourth-order valence-corrected chi connectivity index (χ4v) is 2.78. The molecule has 1 fully saturated rings. The van der Waals surface area contributed by atoms with Gasteiger partial charge in [-0.05, 0) is 25.3 Å². The van der Waals surface area contributed by atoms with Gasteiger partial charge in [0.05, 0.1) is 6.61 Å². The predicted molar refractivity (Wildman–Crippen MR) is 71.1 cm³/mol. The van der Waals surface area contributed by atoms with Crippen molar-refractivity contribution >= 4 is 0 Å². The molecule has 1 aliphatic rings. The second kappa shape index (κ2) is 7.34. The molecular formula is C14H29NO2. The van der Waals surface area contributed by atoms with Gasteiger partial charge in [0.1, 0.15) is 0 Å². The average Bonchev–Trinajstić information content (AvgIpc) is 2.37. The second-order valence-electron chi connectivity index (χ2n) is 5.70. The van der Waals surface area contributed by atoms with Crippen LogP contribution in [0.4, 0.5) is 0 Å². The monoisotopic (exact) mass is 243 g/mol. The smallest absolute Gasteiger partial charge is 0.0589 e. The van der Waals surface area contributed by atoms with Crippen molar-refractivity contribution in [1.82, 2.24) is 4.90 Å². The Hall–Kier alpha value is -0.120. The predicted octanol–water partition coefficient (Wildman–Crippen LogP) is 2.14. The number of nitrogens with zero attached hydrogens (tertiary/aromatic N) is 1. The first-order valence-electron chi connectivity index (χ1n) is 6.98. The zero-order chi connectivity index (χ0) is 12.7. The van der Waals surface area contributed by atoms with Crippen molar-refractivity contribution in [2.45, 2.75) is 39.5 Å². The fourth-order valence-electron chi connectivity index (χ4n) is 2.78. The minimum atomic E-state index is 0.149. The van der Waals surface area contributed by atoms with Crippen LogP contribution >= 0.6 is 0 Å². The molecule has 0 bridgehead atoms. The molecule has 1 N–H and O–H groups in total. The van der Waals surface area contributed by atoms with Crippen molar-refractivity contribution in [1.29, 1.82) is 0 Å². The van der Waals surface area contributed by atoms with Crippen molar-refractivity contribution in [2.75, 3.05) is 40.0 Å². The summed E-state index contributed by atoms with van der Waals surface area (Å²) in [7, 11) is 1.75. The van der Waals surface area contributed by atoms with Gasteiger partial charge >= 0.3 is 0 Å². The first-order chi connectivity index (χ1) is 8.15. The molecule has 3 nitrogen and oxygen atoms in total. The summed E-state index contributed by atoms with van der Waals surface area (Å²) in [6.45, 7) is 8.67. The minimum Gasteiger partial charge on any atom is -0.396 e. The number of methoxy groups -OCH3 is 1. The van der Waals surface area contributed by atoms with Crippen LogP contribution in [0.2, 0.25) is 0 Å². The van der Waals surface area contributed by atoms with E-state index in [0.717, 1.165) is 32.2 Å². The maximum absolute atomic E-state index is 9.74. The number of aliphatic hydroxyl groups excluding tert-OH is 1. The Kier molecular flexibility index (Phi) is 6.45. The van der Waals surface area contributed by atoms with Crippen molar-refractivity contribution in [3.8, 4) is 0 Å². The third-order valence-electron chi connectivity index (χ3n) is 4.29. The van der Waals surface area contributed by atoms with E-state index in [2.05, 4.69) is 18.7 Å². The van der Waals surface area contributed by atoms with E-state index >= 15 is 0 Å². The van der Waals surface area contributed by atoms with E-state index < -0.39 is 0 Å². The van der Waals surface area contributed by atoms with Crippen LogP contribution in [0.5, 0.6) is 0 Å². The van der Waals surface area contributed by atoms with Crippen LogP contribution in [0.1, 0.15) is 39.5 Å². The van der Waals surface area contributed by atoms with E-state index in [9.17, 15) is 5.11 Å². The molecule has 0 aromatic heterocycles. The molecule has 0 aromatic carbocycles. The molecule has 0 unspecified atom stereocenters. The summed E-state index contributed by atoms with van der Waals surface area (Å²) in [6, 6.07) is 0. The van der Waals surface area contributed by atoms with E-state index in [1.54, 1.807) is 7.11 Å². The normalized spacial score (nSPS) is 29.8. The lowest BCUT2D eigenvalue weighted by molar-refractivity contribution is 0.0236. The third kappa shape index (κ3) is 4.57. The van der Waals surface area contributed by atoms with Crippen molar-refractivity contribution in [2.24, 2.45) is 11.3 Å². The Labute approximate surface area is 106 Å². The molecule has 0 spiro atoms. The van der Waals surface area contributed by atoms with Gasteiger partial charge < -0.3 is 14.7 Å². The standard InChI is InChI=1S/C14H29NO2/c1-4-15(9-10-17-3)11-14(12-16)7-5-13(2)6-8-14/h13,16H,4-12H2,1-3H3. The number of likely N-dealkylation sites (N-methyl/N-ethyl adjacent to an activating group) is 1. The zero-order valence-electron chi connectivity index (χ0n) is 11.7. The Morgan fingerprint density at radius 2 is 2.00 bits per heavy atom. The molecule has 1 saturated carbocycles. The number of rotatable bonds is 7. The maximum Gasteiger partial charge on any atom is 0.0589 e. The molecule has 0 radical (unpaired) electrons. The molecule has 17 heavy (non-hydrogen) atoms. The maximum atomic E-state index is 9.74. The highest BCUT2D eigenvalue weighted by atomic mass is 16.5. The lowest BCUT2D eigenvalue weighted by atomic mass is 9.71. The molecule has 3 heteroatoms. The van der Waals surface area contributed by atoms with E-state index in [4.69, 9.17) is 4.74 Å². The van der Waals surface area contributed by atoms with Gasteiger partial charge in [0.2, 0.25) is 0 Å². The van der Waals surface area contributed by atoms with Gasteiger partial charge in [-0.1, -0.05) is 26.7 Å². The average molecular weight is 243 g/mol. The summed E-state index contributed by atoms with van der Waals surface area (Å²) in [5, 5.41) is 9.74. The molecule has 1 rings (SSSR count). The van der Waals surface area contributed by atoms with Crippen molar-refractivity contribution in [3.63, 3.8) is 0 Å². The van der Waals surface area contributed by atoms with Crippen LogP contribution in [-0.4, -0.2) is 50.0 Å². The largest absolute Gasteiger partial charge is 0.396 e.